The van der Waals surface area contributed by atoms with Crippen LogP contribution in [0.5, 0.6) is 5.75 Å². The van der Waals surface area contributed by atoms with Crippen LogP contribution in [0.1, 0.15) is 18.7 Å². The summed E-state index contributed by atoms with van der Waals surface area (Å²) in [6.45, 7) is 4.54. The molecule has 1 saturated heterocycles. The molecule has 6 rings (SSSR count). The van der Waals surface area contributed by atoms with Gasteiger partial charge in [-0.2, -0.15) is 0 Å². The van der Waals surface area contributed by atoms with Crippen LogP contribution in [0, 0.1) is 11.7 Å². The number of carbonyl (C=O) groups excluding carboxylic acids is 2. The minimum Gasteiger partial charge on any atom is -0.493 e. The average Bonchev–Trinajstić information content (AvgIpc) is 3.72. The number of pyridine rings is 2. The molecule has 0 bridgehead atoms. The lowest BCUT2D eigenvalue weighted by Crippen LogP contribution is -2.37. The van der Waals surface area contributed by atoms with E-state index >= 15 is 0 Å². The molecule has 1 unspecified atom stereocenters. The molecule has 12 heteroatoms. The lowest BCUT2D eigenvalue weighted by molar-refractivity contribution is -0.133. The number of fused-ring (bicyclic) bond motifs is 1. The van der Waals surface area contributed by atoms with Crippen molar-refractivity contribution in [2.75, 3.05) is 20.2 Å². The number of aromatic amines is 1. The smallest absolute Gasteiger partial charge is 0.250 e. The summed E-state index contributed by atoms with van der Waals surface area (Å²) >= 11 is 1.51. The van der Waals surface area contributed by atoms with Gasteiger partial charge in [0.15, 0.2) is 0 Å². The topological polar surface area (TPSA) is 122 Å². The van der Waals surface area contributed by atoms with Gasteiger partial charge in [-0.3, -0.25) is 14.4 Å². The van der Waals surface area contributed by atoms with Crippen molar-refractivity contribution < 1.29 is 18.7 Å². The number of imidazole rings is 1. The minimum absolute atomic E-state index is 0.0113. The van der Waals surface area contributed by atoms with Crippen LogP contribution in [0.15, 0.2) is 71.6 Å². The molecule has 5 heterocycles. The van der Waals surface area contributed by atoms with Gasteiger partial charge in [-0.1, -0.05) is 6.58 Å². The third kappa shape index (κ3) is 6.14. The van der Waals surface area contributed by atoms with Gasteiger partial charge in [-0.25, -0.2) is 14.4 Å². The van der Waals surface area contributed by atoms with Crippen molar-refractivity contribution in [2.45, 2.75) is 19.4 Å². The number of nitrogens with one attached hydrogen (secondary N) is 2. The van der Waals surface area contributed by atoms with Gasteiger partial charge in [-0.15, -0.1) is 11.3 Å². The molecule has 2 N–H and O–H groups in total. The summed E-state index contributed by atoms with van der Waals surface area (Å²) in [4.78, 5) is 50.8. The maximum absolute atomic E-state index is 14.7. The summed E-state index contributed by atoms with van der Waals surface area (Å²) in [6.07, 6.45) is 5.73. The van der Waals surface area contributed by atoms with Crippen LogP contribution in [0.3, 0.4) is 0 Å². The largest absolute Gasteiger partial charge is 0.493 e. The van der Waals surface area contributed by atoms with Crippen molar-refractivity contribution in [1.29, 1.82) is 0 Å². The zero-order valence-corrected chi connectivity index (χ0v) is 25.6. The number of hydrogen-bond acceptors (Lipinski definition) is 7. The number of nitrogens with zero attached hydrogens (tertiary/aromatic N) is 4. The lowest BCUT2D eigenvalue weighted by atomic mass is 9.96. The van der Waals surface area contributed by atoms with Crippen LogP contribution in [-0.2, 0) is 23.2 Å². The number of aromatic nitrogens is 4. The Morgan fingerprint density at radius 2 is 2.07 bits per heavy atom. The number of H-pyrrole nitrogens is 1. The number of carbonyl (C=O) groups is 2. The molecule has 0 spiro atoms. The molecule has 1 aliphatic heterocycles. The number of rotatable bonds is 9. The van der Waals surface area contributed by atoms with E-state index in [2.05, 4.69) is 21.9 Å². The van der Waals surface area contributed by atoms with Gasteiger partial charge >= 0.3 is 0 Å². The molecule has 0 aliphatic carbocycles. The molecule has 230 valence electrons. The lowest BCUT2D eigenvalue weighted by Gasteiger charge is -2.28. The fraction of sp³-hybridized carbons (Fsp3) is 0.242. The van der Waals surface area contributed by atoms with E-state index in [0.29, 0.717) is 52.7 Å². The van der Waals surface area contributed by atoms with Gasteiger partial charge in [0.25, 0.3) is 0 Å². The molecule has 45 heavy (non-hydrogen) atoms. The van der Waals surface area contributed by atoms with E-state index in [9.17, 15) is 18.8 Å². The zero-order valence-electron chi connectivity index (χ0n) is 24.8. The van der Waals surface area contributed by atoms with Crippen molar-refractivity contribution in [3.05, 3.63) is 88.8 Å². The zero-order chi connectivity index (χ0) is 31.7. The third-order valence-electron chi connectivity index (χ3n) is 7.92. The van der Waals surface area contributed by atoms with Crippen LogP contribution in [0.25, 0.3) is 43.9 Å². The highest BCUT2D eigenvalue weighted by Gasteiger charge is 2.26. The molecule has 2 amide bonds. The molecule has 1 fully saturated rings. The first-order valence-corrected chi connectivity index (χ1v) is 15.3. The molecule has 0 radical (unpaired) electrons. The summed E-state index contributed by atoms with van der Waals surface area (Å²) in [5.74, 6) is 0.140. The Morgan fingerprint density at radius 1 is 1.22 bits per heavy atom. The van der Waals surface area contributed by atoms with E-state index in [1.807, 2.05) is 11.4 Å². The van der Waals surface area contributed by atoms with Crippen molar-refractivity contribution in [3.63, 3.8) is 0 Å². The number of hydrogen-bond donors (Lipinski definition) is 2. The molecule has 0 saturated carbocycles. The maximum Gasteiger partial charge on any atom is 0.250 e. The van der Waals surface area contributed by atoms with E-state index in [1.54, 1.807) is 43.5 Å². The quantitative estimate of drug-likeness (QED) is 0.224. The van der Waals surface area contributed by atoms with Crippen LogP contribution in [0.2, 0.25) is 0 Å². The predicted molar refractivity (Wildman–Crippen MR) is 171 cm³/mol. The maximum atomic E-state index is 14.7. The van der Waals surface area contributed by atoms with Crippen molar-refractivity contribution in [1.82, 2.24) is 29.7 Å². The number of amides is 2. The summed E-state index contributed by atoms with van der Waals surface area (Å²) in [5.41, 5.74) is 3.72. The summed E-state index contributed by atoms with van der Waals surface area (Å²) in [5, 5.41) is 5.53. The fourth-order valence-corrected chi connectivity index (χ4v) is 6.37. The molecule has 1 aromatic carbocycles. The molecular weight excluding hydrogens is 595 g/mol. The van der Waals surface area contributed by atoms with E-state index in [4.69, 9.17) is 9.72 Å². The second-order valence-corrected chi connectivity index (χ2v) is 11.9. The summed E-state index contributed by atoms with van der Waals surface area (Å²) < 4.78 is 23.4. The molecule has 10 nitrogen and oxygen atoms in total. The van der Waals surface area contributed by atoms with E-state index < -0.39 is 5.82 Å². The normalized spacial score (nSPS) is 15.0. The molecule has 5 aromatic rings. The second kappa shape index (κ2) is 12.5. The number of ether oxygens (including phenoxy) is 1. The van der Waals surface area contributed by atoms with Gasteiger partial charge in [-0.05, 0) is 42.1 Å². The van der Waals surface area contributed by atoms with Crippen molar-refractivity contribution >= 4 is 33.2 Å². The second-order valence-electron chi connectivity index (χ2n) is 11.0. The Kier molecular flexibility index (Phi) is 8.31. The molecule has 1 aliphatic rings. The first-order chi connectivity index (χ1) is 21.7. The van der Waals surface area contributed by atoms with Gasteiger partial charge in [0.2, 0.25) is 17.4 Å². The first-order valence-electron chi connectivity index (χ1n) is 14.4. The van der Waals surface area contributed by atoms with E-state index in [0.717, 1.165) is 22.1 Å². The number of thiophene rings is 1. The molecule has 1 atom stereocenters. The third-order valence-corrected chi connectivity index (χ3v) is 8.85. The number of piperidine rings is 1. The summed E-state index contributed by atoms with van der Waals surface area (Å²) in [6, 6.07) is 9.63. The van der Waals surface area contributed by atoms with Gasteiger partial charge in [0.05, 0.1) is 36.4 Å². The molecular formula is C33H31FN6O4S. The van der Waals surface area contributed by atoms with E-state index in [-0.39, 0.29) is 36.4 Å². The Morgan fingerprint density at radius 3 is 2.84 bits per heavy atom. The minimum atomic E-state index is -0.450. The fourth-order valence-electron chi connectivity index (χ4n) is 5.42. The van der Waals surface area contributed by atoms with Crippen molar-refractivity contribution in [3.8, 4) is 39.5 Å². The highest BCUT2D eigenvalue weighted by molar-refractivity contribution is 7.18. The van der Waals surface area contributed by atoms with Crippen molar-refractivity contribution in [2.24, 2.45) is 13.0 Å². The van der Waals surface area contributed by atoms with Gasteiger partial charge < -0.3 is 24.5 Å². The Balaban J connectivity index is 1.50. The van der Waals surface area contributed by atoms with Crippen LogP contribution in [0.4, 0.5) is 4.39 Å². The van der Waals surface area contributed by atoms with Crippen LogP contribution < -0.4 is 15.6 Å². The number of aryl methyl sites for hydroxylation is 1. The number of halogens is 1. The Bertz CT molecular complexity index is 2000. The SMILES string of the molecule is C=CC(=O)NCc1ncc(-c2nc(-c3ccc(=O)n(C)c3)c3ccsc3c2-c2ccc(F)cc2OCC2CCN(C)C(=O)C2)[nH]1. The monoisotopic (exact) mass is 626 g/mol. The van der Waals surface area contributed by atoms with Crippen LogP contribution >= 0.6 is 11.3 Å². The number of benzene rings is 1. The standard InChI is InChI=1S/C33H31FN6O4S/c1-4-27(41)36-16-26-35-15-24(37-26)32-30(33-23(10-12-45-33)31(38-32)20-5-8-28(42)40(3)17-20)22-7-6-21(34)14-25(22)44-18-19-9-11-39(2)29(43)13-19/h4-8,10,12,14-15,17,19H,1,9,11,13,16,18H2,2-3H3,(H,35,37)(H,36,41). The van der Waals surface area contributed by atoms with Gasteiger partial charge in [0.1, 0.15) is 17.4 Å². The van der Waals surface area contributed by atoms with Crippen LogP contribution in [-0.4, -0.2) is 56.4 Å². The Labute approximate surface area is 262 Å². The first kappa shape index (κ1) is 29.9. The Hall–Kier alpha value is -5.10. The highest BCUT2D eigenvalue weighted by atomic mass is 32.1. The highest BCUT2D eigenvalue weighted by Crippen LogP contribution is 2.45. The predicted octanol–water partition coefficient (Wildman–Crippen LogP) is 4.91. The number of likely N-dealkylation sites (tertiary alicyclic amines) is 1. The summed E-state index contributed by atoms with van der Waals surface area (Å²) in [7, 11) is 3.47. The van der Waals surface area contributed by atoms with Gasteiger partial charge in [0, 0.05) is 78.1 Å². The average molecular weight is 627 g/mol. The van der Waals surface area contributed by atoms with E-state index in [1.165, 1.54) is 40.2 Å². The molecule has 4 aromatic heterocycles.